The van der Waals surface area contributed by atoms with Crippen LogP contribution in [0.4, 0.5) is 0 Å². The SMILES string of the molecule is COc1cc(OC)cc(-c2[nH]c3c(C)ccc(C)c3c2CCCCN)c1. The molecule has 138 valence electrons. The number of nitrogens with one attached hydrogen (secondary N) is 1. The second kappa shape index (κ2) is 7.83. The van der Waals surface area contributed by atoms with Gasteiger partial charge < -0.3 is 20.2 Å². The first kappa shape index (κ1) is 18.3. The lowest BCUT2D eigenvalue weighted by atomic mass is 9.97. The molecule has 0 aliphatic heterocycles. The van der Waals surface area contributed by atoms with E-state index >= 15 is 0 Å². The van der Waals surface area contributed by atoms with E-state index in [-0.39, 0.29) is 0 Å². The molecule has 0 amide bonds. The summed E-state index contributed by atoms with van der Waals surface area (Å²) in [5, 5.41) is 1.33. The minimum atomic E-state index is 0.725. The second-order valence-electron chi connectivity index (χ2n) is 6.78. The van der Waals surface area contributed by atoms with Crippen molar-refractivity contribution in [2.24, 2.45) is 5.73 Å². The predicted octanol–water partition coefficient (Wildman–Crippen LogP) is 4.75. The quantitative estimate of drug-likeness (QED) is 0.603. The van der Waals surface area contributed by atoms with Crippen LogP contribution in [-0.2, 0) is 6.42 Å². The number of hydrogen-bond donors (Lipinski definition) is 2. The molecule has 0 saturated heterocycles. The molecule has 2 aromatic carbocycles. The van der Waals surface area contributed by atoms with Crippen LogP contribution < -0.4 is 15.2 Å². The molecular weight excluding hydrogens is 324 g/mol. The number of aryl methyl sites for hydroxylation is 3. The number of hydrogen-bond acceptors (Lipinski definition) is 3. The molecule has 0 aliphatic rings. The van der Waals surface area contributed by atoms with Gasteiger partial charge in [0.25, 0.3) is 0 Å². The van der Waals surface area contributed by atoms with Crippen molar-refractivity contribution in [2.45, 2.75) is 33.1 Å². The van der Waals surface area contributed by atoms with Crippen LogP contribution in [0.5, 0.6) is 11.5 Å². The molecular formula is C22H28N2O2. The van der Waals surface area contributed by atoms with Crippen molar-refractivity contribution in [2.75, 3.05) is 20.8 Å². The zero-order chi connectivity index (χ0) is 18.7. The molecule has 4 nitrogen and oxygen atoms in total. The van der Waals surface area contributed by atoms with Crippen molar-refractivity contribution in [3.8, 4) is 22.8 Å². The number of benzene rings is 2. The highest BCUT2D eigenvalue weighted by Crippen LogP contribution is 2.37. The van der Waals surface area contributed by atoms with Gasteiger partial charge in [0, 0.05) is 28.2 Å². The molecule has 1 heterocycles. The molecule has 0 saturated carbocycles. The fourth-order valence-electron chi connectivity index (χ4n) is 3.58. The van der Waals surface area contributed by atoms with Crippen molar-refractivity contribution in [3.63, 3.8) is 0 Å². The van der Waals surface area contributed by atoms with Gasteiger partial charge in [0.2, 0.25) is 0 Å². The van der Waals surface area contributed by atoms with Crippen LogP contribution in [0.3, 0.4) is 0 Å². The van der Waals surface area contributed by atoms with Gasteiger partial charge in [-0.25, -0.2) is 0 Å². The maximum atomic E-state index is 5.72. The number of unbranched alkanes of at least 4 members (excludes halogenated alkanes) is 1. The fourth-order valence-corrected chi connectivity index (χ4v) is 3.58. The Morgan fingerprint density at radius 2 is 1.58 bits per heavy atom. The van der Waals surface area contributed by atoms with E-state index in [0.29, 0.717) is 0 Å². The molecule has 4 heteroatoms. The summed E-state index contributed by atoms with van der Waals surface area (Å²) < 4.78 is 10.9. The molecule has 3 aromatic rings. The van der Waals surface area contributed by atoms with Crippen LogP contribution in [0.2, 0.25) is 0 Å². The number of fused-ring (bicyclic) bond motifs is 1. The van der Waals surface area contributed by atoms with Crippen molar-refractivity contribution in [1.29, 1.82) is 0 Å². The molecule has 0 aliphatic carbocycles. The Balaban J connectivity index is 2.23. The molecule has 0 bridgehead atoms. The third kappa shape index (κ3) is 3.42. The average Bonchev–Trinajstić information content (AvgIpc) is 3.05. The Kier molecular flexibility index (Phi) is 5.52. The summed E-state index contributed by atoms with van der Waals surface area (Å²) in [6.45, 7) is 5.05. The van der Waals surface area contributed by atoms with E-state index in [0.717, 1.165) is 48.6 Å². The average molecular weight is 352 g/mol. The summed E-state index contributed by atoms with van der Waals surface area (Å²) >= 11 is 0. The number of aromatic nitrogens is 1. The third-order valence-corrected chi connectivity index (χ3v) is 5.00. The third-order valence-electron chi connectivity index (χ3n) is 5.00. The van der Waals surface area contributed by atoms with Crippen molar-refractivity contribution < 1.29 is 9.47 Å². The van der Waals surface area contributed by atoms with Crippen LogP contribution in [0.1, 0.15) is 29.5 Å². The van der Waals surface area contributed by atoms with E-state index in [1.54, 1.807) is 14.2 Å². The number of nitrogens with two attached hydrogens (primary N) is 1. The molecule has 0 fully saturated rings. The van der Waals surface area contributed by atoms with Crippen molar-refractivity contribution >= 4 is 10.9 Å². The van der Waals surface area contributed by atoms with Gasteiger partial charge in [-0.15, -0.1) is 0 Å². The highest BCUT2D eigenvalue weighted by atomic mass is 16.5. The topological polar surface area (TPSA) is 60.3 Å². The fraction of sp³-hybridized carbons (Fsp3) is 0.364. The van der Waals surface area contributed by atoms with Gasteiger partial charge in [-0.3, -0.25) is 0 Å². The number of H-pyrrole nitrogens is 1. The van der Waals surface area contributed by atoms with Crippen molar-refractivity contribution in [1.82, 2.24) is 4.98 Å². The van der Waals surface area contributed by atoms with Gasteiger partial charge in [0.1, 0.15) is 11.5 Å². The van der Waals surface area contributed by atoms with Gasteiger partial charge >= 0.3 is 0 Å². The Bertz CT molecular complexity index is 890. The van der Waals surface area contributed by atoms with Gasteiger partial charge in [0.15, 0.2) is 0 Å². The van der Waals surface area contributed by atoms with E-state index in [9.17, 15) is 0 Å². The van der Waals surface area contributed by atoms with E-state index in [1.807, 2.05) is 6.07 Å². The smallest absolute Gasteiger partial charge is 0.123 e. The summed E-state index contributed by atoms with van der Waals surface area (Å²) in [6.07, 6.45) is 3.10. The second-order valence-corrected chi connectivity index (χ2v) is 6.78. The molecule has 0 radical (unpaired) electrons. The lowest BCUT2D eigenvalue weighted by Crippen LogP contribution is -1.99. The first-order chi connectivity index (χ1) is 12.6. The Labute approximate surface area is 155 Å². The largest absolute Gasteiger partial charge is 0.497 e. The molecule has 26 heavy (non-hydrogen) atoms. The highest BCUT2D eigenvalue weighted by molar-refractivity contribution is 5.95. The lowest BCUT2D eigenvalue weighted by Gasteiger charge is -2.10. The van der Waals surface area contributed by atoms with Gasteiger partial charge in [-0.1, -0.05) is 12.1 Å². The van der Waals surface area contributed by atoms with Crippen LogP contribution >= 0.6 is 0 Å². The number of rotatable bonds is 7. The Morgan fingerprint density at radius 1 is 0.923 bits per heavy atom. The number of methoxy groups -OCH3 is 2. The minimum absolute atomic E-state index is 0.725. The van der Waals surface area contributed by atoms with E-state index < -0.39 is 0 Å². The van der Waals surface area contributed by atoms with Gasteiger partial charge in [0.05, 0.1) is 14.2 Å². The van der Waals surface area contributed by atoms with E-state index in [2.05, 4.69) is 43.1 Å². The zero-order valence-corrected chi connectivity index (χ0v) is 16.1. The maximum Gasteiger partial charge on any atom is 0.123 e. The monoisotopic (exact) mass is 352 g/mol. The first-order valence-electron chi connectivity index (χ1n) is 9.13. The van der Waals surface area contributed by atoms with Crippen LogP contribution in [0, 0.1) is 13.8 Å². The summed E-state index contributed by atoms with van der Waals surface area (Å²) in [7, 11) is 3.36. The molecule has 0 spiro atoms. The summed E-state index contributed by atoms with van der Waals surface area (Å²) in [4.78, 5) is 3.68. The summed E-state index contributed by atoms with van der Waals surface area (Å²) in [5.41, 5.74) is 13.1. The van der Waals surface area contributed by atoms with Crippen LogP contribution in [0.15, 0.2) is 30.3 Å². The molecule has 3 N–H and O–H groups in total. The van der Waals surface area contributed by atoms with Gasteiger partial charge in [-0.05, 0) is 68.5 Å². The van der Waals surface area contributed by atoms with Crippen LogP contribution in [-0.4, -0.2) is 25.7 Å². The van der Waals surface area contributed by atoms with Crippen LogP contribution in [0.25, 0.3) is 22.2 Å². The minimum Gasteiger partial charge on any atom is -0.497 e. The molecule has 3 rings (SSSR count). The number of aromatic amines is 1. The summed E-state index contributed by atoms with van der Waals surface area (Å²) in [5.74, 6) is 1.58. The predicted molar refractivity (Wildman–Crippen MR) is 108 cm³/mol. The normalized spacial score (nSPS) is 11.1. The lowest BCUT2D eigenvalue weighted by molar-refractivity contribution is 0.394. The van der Waals surface area contributed by atoms with E-state index in [1.165, 1.54) is 27.6 Å². The standard InChI is InChI=1S/C22H28N2O2/c1-14-8-9-15(2)21-20(14)19(7-5-6-10-23)22(24-21)16-11-17(25-3)13-18(12-16)26-4/h8-9,11-13,24H,5-7,10,23H2,1-4H3. The first-order valence-corrected chi connectivity index (χ1v) is 9.13. The van der Waals surface area contributed by atoms with E-state index in [4.69, 9.17) is 15.2 Å². The van der Waals surface area contributed by atoms with Gasteiger partial charge in [-0.2, -0.15) is 0 Å². The Hall–Kier alpha value is -2.46. The highest BCUT2D eigenvalue weighted by Gasteiger charge is 2.17. The number of ether oxygens (including phenoxy) is 2. The molecule has 0 atom stereocenters. The molecule has 1 aromatic heterocycles. The van der Waals surface area contributed by atoms with Crippen molar-refractivity contribution in [3.05, 3.63) is 47.0 Å². The maximum absolute atomic E-state index is 5.72. The zero-order valence-electron chi connectivity index (χ0n) is 16.1. The molecule has 0 unspecified atom stereocenters. The Morgan fingerprint density at radius 3 is 2.19 bits per heavy atom. The summed E-state index contributed by atoms with van der Waals surface area (Å²) in [6, 6.07) is 10.4.